The zero-order valence-corrected chi connectivity index (χ0v) is 30.8. The van der Waals surface area contributed by atoms with Gasteiger partial charge in [-0.25, -0.2) is 4.98 Å². The minimum absolute atomic E-state index is 0.00779. The van der Waals surface area contributed by atoms with Gasteiger partial charge in [0, 0.05) is 27.6 Å². The van der Waals surface area contributed by atoms with E-state index >= 15 is 0 Å². The smallest absolute Gasteiger partial charge is 0.146 e. The quantitative estimate of drug-likeness (QED) is 0.220. The summed E-state index contributed by atoms with van der Waals surface area (Å²) in [6, 6.07) is 35.5. The molecule has 10 rings (SSSR count). The van der Waals surface area contributed by atoms with E-state index in [0.717, 1.165) is 60.2 Å². The molecular formula is C45H19B9N2O2. The molecule has 4 nitrogen and oxygen atoms in total. The third-order valence-corrected chi connectivity index (χ3v) is 11.3. The van der Waals surface area contributed by atoms with Gasteiger partial charge in [-0.3, -0.25) is 4.57 Å². The van der Waals surface area contributed by atoms with Gasteiger partial charge in [0.05, 0.1) is 11.0 Å². The molecule has 0 aliphatic heterocycles. The third kappa shape index (κ3) is 5.05. The number of imidazole rings is 1. The van der Waals surface area contributed by atoms with Crippen LogP contribution in [0.5, 0.6) is 5.75 Å². The number of benzene rings is 8. The van der Waals surface area contributed by atoms with Crippen LogP contribution in [0.15, 0.2) is 114 Å². The van der Waals surface area contributed by atoms with E-state index in [2.05, 4.69) is 24.3 Å². The molecule has 0 saturated heterocycles. The Hall–Kier alpha value is -6.07. The van der Waals surface area contributed by atoms with Crippen molar-refractivity contribution in [3.8, 4) is 45.1 Å². The lowest BCUT2D eigenvalue weighted by molar-refractivity contribution is 0.482. The first-order valence-electron chi connectivity index (χ1n) is 18.3. The first-order chi connectivity index (χ1) is 28.0. The molecule has 0 unspecified atom stereocenters. The van der Waals surface area contributed by atoms with Gasteiger partial charge >= 0.3 is 0 Å². The Kier molecular flexibility index (Phi) is 8.28. The van der Waals surface area contributed by atoms with Crippen LogP contribution < -0.4 is 49.2 Å². The molecule has 0 fully saturated rings. The Morgan fingerprint density at radius 3 is 1.78 bits per heavy atom. The van der Waals surface area contributed by atoms with Gasteiger partial charge in [-0.05, 0) is 68.6 Å². The van der Waals surface area contributed by atoms with E-state index < -0.39 is 0 Å². The summed E-state index contributed by atoms with van der Waals surface area (Å²) in [5.41, 5.74) is 7.32. The number of aromatic hydroxyl groups is 1. The third-order valence-electron chi connectivity index (χ3n) is 11.3. The van der Waals surface area contributed by atoms with Gasteiger partial charge in [-0.15, -0.1) is 27.3 Å². The van der Waals surface area contributed by atoms with Gasteiger partial charge in [0.1, 0.15) is 93.4 Å². The van der Waals surface area contributed by atoms with Crippen LogP contribution in [0.1, 0.15) is 0 Å². The molecule has 58 heavy (non-hydrogen) atoms. The molecule has 0 atom stereocenters. The molecule has 18 radical (unpaired) electrons. The number of hydrogen-bond acceptors (Lipinski definition) is 3. The summed E-state index contributed by atoms with van der Waals surface area (Å²) < 4.78 is 8.27. The van der Waals surface area contributed by atoms with E-state index in [1.54, 1.807) is 0 Å². The van der Waals surface area contributed by atoms with Crippen LogP contribution >= 0.6 is 0 Å². The fraction of sp³-hybridized carbons (Fsp3) is 0. The topological polar surface area (TPSA) is 51.2 Å². The largest absolute Gasteiger partial charge is 0.508 e. The maximum absolute atomic E-state index is 11.5. The van der Waals surface area contributed by atoms with Gasteiger partial charge in [0.15, 0.2) is 0 Å². The second kappa shape index (κ2) is 13.2. The average molecular weight is 717 g/mol. The van der Waals surface area contributed by atoms with Crippen LogP contribution in [-0.2, 0) is 0 Å². The minimum Gasteiger partial charge on any atom is -0.508 e. The Bertz CT molecular complexity index is 3370. The van der Waals surface area contributed by atoms with E-state index in [4.69, 9.17) is 80.0 Å². The first kappa shape index (κ1) is 36.3. The van der Waals surface area contributed by atoms with Gasteiger partial charge in [-0.2, -0.15) is 0 Å². The predicted molar refractivity (Wildman–Crippen MR) is 250 cm³/mol. The summed E-state index contributed by atoms with van der Waals surface area (Å²) in [4.78, 5) is 5.27. The Balaban J connectivity index is 1.42. The van der Waals surface area contributed by atoms with Crippen LogP contribution in [0.25, 0.3) is 93.8 Å². The standard InChI is InChI=1S/C45H19B9N2O2/c46-34-30(44(57)42(54)39(51)35(34)47)19-16-17-22-25(18-19)31(24-11-7-15-29-32(24)23-10-3-6-14-28(23)58-29)20-8-1-2-9-21(20)33(22)45-55-26-12-4-5-13-27(26)56(45)43-40(52)37(49)36(48)38(50)41(43)53/h1-18,57H. The molecule has 0 aliphatic carbocycles. The SMILES string of the molecule is [B]c1c([B])c([B])c(-n2c(-c3c4ccccc4c(-c4cccc5oc6ccccc6c45)c4cc(-c5c([B])c([B])c([B])c([B])c5O)ccc34)nc3ccccc32)c([B])c1[B]. The number of para-hydroxylation sites is 3. The highest BCUT2D eigenvalue weighted by Gasteiger charge is 2.26. The lowest BCUT2D eigenvalue weighted by atomic mass is 9.61. The minimum atomic E-state index is -0.277. The molecule has 0 bridgehead atoms. The zero-order chi connectivity index (χ0) is 40.3. The lowest BCUT2D eigenvalue weighted by Gasteiger charge is -2.25. The number of furan rings is 1. The lowest BCUT2D eigenvalue weighted by Crippen LogP contribution is -2.56. The van der Waals surface area contributed by atoms with Crippen molar-refractivity contribution in [2.24, 2.45) is 0 Å². The molecule has 0 saturated carbocycles. The molecule has 248 valence electrons. The van der Waals surface area contributed by atoms with Crippen molar-refractivity contribution in [3.05, 3.63) is 109 Å². The van der Waals surface area contributed by atoms with Gasteiger partial charge < -0.3 is 9.52 Å². The van der Waals surface area contributed by atoms with Crippen molar-refractivity contribution in [2.45, 2.75) is 0 Å². The van der Waals surface area contributed by atoms with Crippen molar-refractivity contribution in [1.82, 2.24) is 9.55 Å². The summed E-state index contributed by atoms with van der Waals surface area (Å²) in [6.07, 6.45) is 0. The molecule has 2 aromatic heterocycles. The molecular weight excluding hydrogens is 698 g/mol. The highest BCUT2D eigenvalue weighted by atomic mass is 16.3. The Morgan fingerprint density at radius 1 is 0.466 bits per heavy atom. The highest BCUT2D eigenvalue weighted by Crippen LogP contribution is 2.48. The van der Waals surface area contributed by atoms with Crippen LogP contribution in [0.2, 0.25) is 0 Å². The number of rotatable bonds is 4. The van der Waals surface area contributed by atoms with Crippen molar-refractivity contribution in [2.75, 3.05) is 0 Å². The normalized spacial score (nSPS) is 11.8. The number of fused-ring (bicyclic) bond motifs is 6. The zero-order valence-electron chi connectivity index (χ0n) is 30.8. The molecule has 0 spiro atoms. The summed E-state index contributed by atoms with van der Waals surface area (Å²) >= 11 is 0. The van der Waals surface area contributed by atoms with Gasteiger partial charge in [-0.1, -0.05) is 101 Å². The molecule has 0 amide bonds. The summed E-state index contributed by atoms with van der Waals surface area (Å²) in [6.45, 7) is 0. The average Bonchev–Trinajstić information content (AvgIpc) is 3.81. The molecule has 8 aromatic carbocycles. The van der Waals surface area contributed by atoms with E-state index in [1.165, 1.54) is 0 Å². The monoisotopic (exact) mass is 718 g/mol. The van der Waals surface area contributed by atoms with Crippen LogP contribution in [0, 0.1) is 0 Å². The Labute approximate surface area is 346 Å². The van der Waals surface area contributed by atoms with Crippen molar-refractivity contribution >= 4 is 174 Å². The van der Waals surface area contributed by atoms with Gasteiger partial charge in [0.25, 0.3) is 0 Å². The van der Waals surface area contributed by atoms with Crippen molar-refractivity contribution in [1.29, 1.82) is 0 Å². The molecule has 1 N–H and O–H groups in total. The number of aromatic nitrogens is 2. The van der Waals surface area contributed by atoms with Crippen LogP contribution in [-0.4, -0.2) is 85.3 Å². The van der Waals surface area contributed by atoms with Crippen molar-refractivity contribution in [3.63, 3.8) is 0 Å². The number of nitrogens with zero attached hydrogens (tertiary/aromatic N) is 2. The molecule has 0 aliphatic rings. The summed E-state index contributed by atoms with van der Waals surface area (Å²) in [7, 11) is 58.2. The van der Waals surface area contributed by atoms with Crippen LogP contribution in [0.3, 0.4) is 0 Å². The fourth-order valence-electron chi connectivity index (χ4n) is 8.45. The number of phenolic OH excluding ortho intramolecular Hbond substituents is 1. The molecule has 10 aromatic rings. The predicted octanol–water partition coefficient (Wildman–Crippen LogP) is 1.08. The van der Waals surface area contributed by atoms with E-state index in [0.29, 0.717) is 28.1 Å². The highest BCUT2D eigenvalue weighted by molar-refractivity contribution is 6.68. The van der Waals surface area contributed by atoms with Crippen LogP contribution in [0.4, 0.5) is 0 Å². The van der Waals surface area contributed by atoms with Gasteiger partial charge in [0.2, 0.25) is 0 Å². The second-order valence-corrected chi connectivity index (χ2v) is 14.4. The summed E-state index contributed by atoms with van der Waals surface area (Å²) in [5.74, 6) is 0.235. The Morgan fingerprint density at radius 2 is 1.03 bits per heavy atom. The maximum Gasteiger partial charge on any atom is 0.146 e. The van der Waals surface area contributed by atoms with Crippen molar-refractivity contribution < 1.29 is 9.52 Å². The summed E-state index contributed by atoms with van der Waals surface area (Å²) in [5, 5.41) is 16.7. The molecule has 13 heteroatoms. The number of hydrogen-bond donors (Lipinski definition) is 1. The van der Waals surface area contributed by atoms with E-state index in [9.17, 15) is 5.11 Å². The second-order valence-electron chi connectivity index (χ2n) is 14.4. The molecule has 2 heterocycles. The number of phenols is 1. The maximum atomic E-state index is 11.5. The van der Waals surface area contributed by atoms with E-state index in [-0.39, 0.29) is 60.5 Å². The van der Waals surface area contributed by atoms with E-state index in [1.807, 2.05) is 89.5 Å². The first-order valence-corrected chi connectivity index (χ1v) is 18.3. The fourth-order valence-corrected chi connectivity index (χ4v) is 8.45.